The number of piperidine rings is 1. The Hall–Kier alpha value is -2.24. The number of likely N-dealkylation sites (tertiary alicyclic amines) is 2. The number of hydrogen-bond donors (Lipinski definition) is 0. The molecule has 2 amide bonds. The van der Waals surface area contributed by atoms with Crippen molar-refractivity contribution in [2.24, 2.45) is 11.3 Å². The minimum absolute atomic E-state index is 0.174. The van der Waals surface area contributed by atoms with Gasteiger partial charge in [0.1, 0.15) is 0 Å². The number of para-hydroxylation sites is 1. The first-order valence-electron chi connectivity index (χ1n) is 10.7. The molecule has 1 aromatic rings. The van der Waals surface area contributed by atoms with Crippen LogP contribution in [0.25, 0.3) is 0 Å². The molecule has 6 heteroatoms. The van der Waals surface area contributed by atoms with E-state index in [9.17, 15) is 9.59 Å². The molecule has 160 valence electrons. The number of carbonyl (C=O) groups excluding carboxylic acids is 2. The Balaban J connectivity index is 1.71. The second-order valence-electron chi connectivity index (χ2n) is 8.76. The van der Waals surface area contributed by atoms with Crippen LogP contribution >= 0.6 is 0 Å². The van der Waals surface area contributed by atoms with Crippen LogP contribution in [0, 0.1) is 11.3 Å². The lowest BCUT2D eigenvalue weighted by Crippen LogP contribution is -2.50. The van der Waals surface area contributed by atoms with E-state index in [1.54, 1.807) is 14.2 Å². The SMILES string of the molecule is COc1cccc(CN2CCCC3(CCN(C(=O)CCC(C)C)C3)C2=O)c1OC. The Kier molecular flexibility index (Phi) is 6.70. The molecule has 0 N–H and O–H groups in total. The predicted molar refractivity (Wildman–Crippen MR) is 112 cm³/mol. The van der Waals surface area contributed by atoms with Crippen molar-refractivity contribution >= 4 is 11.8 Å². The van der Waals surface area contributed by atoms with Crippen molar-refractivity contribution in [3.05, 3.63) is 23.8 Å². The largest absolute Gasteiger partial charge is 0.493 e. The summed E-state index contributed by atoms with van der Waals surface area (Å²) >= 11 is 0. The standard InChI is InChI=1S/C23H34N2O4/c1-17(2)9-10-20(26)25-14-12-23(16-25)11-6-13-24(22(23)27)15-18-7-5-8-19(28-3)21(18)29-4/h5,7-8,17H,6,9-16H2,1-4H3. The van der Waals surface area contributed by atoms with Crippen LogP contribution < -0.4 is 9.47 Å². The van der Waals surface area contributed by atoms with Gasteiger partial charge in [0.25, 0.3) is 0 Å². The van der Waals surface area contributed by atoms with Crippen molar-refractivity contribution in [2.45, 2.75) is 52.5 Å². The Labute approximate surface area is 174 Å². The van der Waals surface area contributed by atoms with Crippen LogP contribution in [0.5, 0.6) is 11.5 Å². The molecule has 29 heavy (non-hydrogen) atoms. The summed E-state index contributed by atoms with van der Waals surface area (Å²) in [5, 5.41) is 0. The second kappa shape index (κ2) is 9.06. The Morgan fingerprint density at radius 1 is 1.17 bits per heavy atom. The quantitative estimate of drug-likeness (QED) is 0.701. The van der Waals surface area contributed by atoms with Crippen LogP contribution in [0.1, 0.15) is 51.5 Å². The van der Waals surface area contributed by atoms with Crippen LogP contribution in [-0.4, -0.2) is 55.5 Å². The first kappa shape index (κ1) is 21.5. The molecule has 1 atom stereocenters. The molecule has 2 fully saturated rings. The normalized spacial score (nSPS) is 21.9. The average Bonchev–Trinajstić information content (AvgIpc) is 3.14. The average molecular weight is 403 g/mol. The molecule has 1 aromatic carbocycles. The van der Waals surface area contributed by atoms with E-state index >= 15 is 0 Å². The van der Waals surface area contributed by atoms with E-state index in [1.807, 2.05) is 28.0 Å². The molecule has 0 bridgehead atoms. The zero-order valence-electron chi connectivity index (χ0n) is 18.2. The Morgan fingerprint density at radius 2 is 1.97 bits per heavy atom. The summed E-state index contributed by atoms with van der Waals surface area (Å²) in [6.45, 7) is 6.76. The third kappa shape index (κ3) is 4.51. The van der Waals surface area contributed by atoms with Crippen LogP contribution in [0.3, 0.4) is 0 Å². The fourth-order valence-electron chi connectivity index (χ4n) is 4.62. The zero-order valence-corrected chi connectivity index (χ0v) is 18.2. The highest BCUT2D eigenvalue weighted by atomic mass is 16.5. The van der Waals surface area contributed by atoms with E-state index in [-0.39, 0.29) is 11.8 Å². The van der Waals surface area contributed by atoms with E-state index in [4.69, 9.17) is 9.47 Å². The molecule has 2 aliphatic rings. The number of hydrogen-bond acceptors (Lipinski definition) is 4. The van der Waals surface area contributed by atoms with E-state index in [0.717, 1.165) is 37.8 Å². The molecule has 0 aliphatic carbocycles. The third-order valence-electron chi connectivity index (χ3n) is 6.31. The van der Waals surface area contributed by atoms with Gasteiger partial charge in [-0.25, -0.2) is 0 Å². The molecule has 3 rings (SSSR count). The van der Waals surface area contributed by atoms with Crippen LogP contribution in [-0.2, 0) is 16.1 Å². The van der Waals surface area contributed by atoms with E-state index in [1.165, 1.54) is 0 Å². The van der Waals surface area contributed by atoms with Gasteiger partial charge in [-0.15, -0.1) is 0 Å². The number of nitrogens with zero attached hydrogens (tertiary/aromatic N) is 2. The summed E-state index contributed by atoms with van der Waals surface area (Å²) < 4.78 is 10.9. The molecule has 2 heterocycles. The smallest absolute Gasteiger partial charge is 0.230 e. The zero-order chi connectivity index (χ0) is 21.0. The maximum absolute atomic E-state index is 13.5. The molecule has 1 unspecified atom stereocenters. The highest BCUT2D eigenvalue weighted by Gasteiger charge is 2.49. The van der Waals surface area contributed by atoms with Gasteiger partial charge < -0.3 is 19.3 Å². The summed E-state index contributed by atoms with van der Waals surface area (Å²) in [4.78, 5) is 29.9. The number of carbonyl (C=O) groups is 2. The maximum Gasteiger partial charge on any atom is 0.230 e. The maximum atomic E-state index is 13.5. The lowest BCUT2D eigenvalue weighted by atomic mass is 9.78. The van der Waals surface area contributed by atoms with Gasteiger partial charge in [-0.3, -0.25) is 9.59 Å². The van der Waals surface area contributed by atoms with Crippen molar-refractivity contribution in [3.63, 3.8) is 0 Å². The third-order valence-corrected chi connectivity index (χ3v) is 6.31. The fraction of sp³-hybridized carbons (Fsp3) is 0.652. The molecule has 6 nitrogen and oxygen atoms in total. The number of methoxy groups -OCH3 is 2. The van der Waals surface area contributed by atoms with Gasteiger partial charge in [-0.2, -0.15) is 0 Å². The van der Waals surface area contributed by atoms with Crippen molar-refractivity contribution in [1.29, 1.82) is 0 Å². The topological polar surface area (TPSA) is 59.1 Å². The van der Waals surface area contributed by atoms with Gasteiger partial charge >= 0.3 is 0 Å². The summed E-state index contributed by atoms with van der Waals surface area (Å²) in [7, 11) is 3.24. The Morgan fingerprint density at radius 3 is 2.66 bits per heavy atom. The highest BCUT2D eigenvalue weighted by molar-refractivity contribution is 5.86. The van der Waals surface area contributed by atoms with Crippen molar-refractivity contribution in [1.82, 2.24) is 9.80 Å². The molecule has 1 spiro atoms. The highest BCUT2D eigenvalue weighted by Crippen LogP contribution is 2.41. The number of ether oxygens (including phenoxy) is 2. The summed E-state index contributed by atoms with van der Waals surface area (Å²) in [5.74, 6) is 2.23. The number of benzene rings is 1. The molecule has 2 saturated heterocycles. The first-order valence-corrected chi connectivity index (χ1v) is 10.7. The lowest BCUT2D eigenvalue weighted by molar-refractivity contribution is -0.146. The van der Waals surface area contributed by atoms with Crippen molar-refractivity contribution in [2.75, 3.05) is 33.9 Å². The van der Waals surface area contributed by atoms with Gasteiger partial charge in [-0.05, 0) is 37.7 Å². The molecule has 2 aliphatic heterocycles. The number of rotatable bonds is 7. The summed E-state index contributed by atoms with van der Waals surface area (Å²) in [6, 6.07) is 5.76. The molecular weight excluding hydrogens is 368 g/mol. The number of amides is 2. The second-order valence-corrected chi connectivity index (χ2v) is 8.76. The molecule has 0 aromatic heterocycles. The lowest BCUT2D eigenvalue weighted by Gasteiger charge is -2.39. The molecular formula is C23H34N2O4. The fourth-order valence-corrected chi connectivity index (χ4v) is 4.62. The van der Waals surface area contributed by atoms with E-state index in [0.29, 0.717) is 43.5 Å². The molecule has 0 saturated carbocycles. The van der Waals surface area contributed by atoms with Gasteiger partial charge in [0.2, 0.25) is 11.8 Å². The van der Waals surface area contributed by atoms with Gasteiger partial charge in [0, 0.05) is 38.2 Å². The van der Waals surface area contributed by atoms with E-state index < -0.39 is 5.41 Å². The van der Waals surface area contributed by atoms with E-state index in [2.05, 4.69) is 13.8 Å². The minimum atomic E-state index is -0.419. The first-order chi connectivity index (χ1) is 13.9. The minimum Gasteiger partial charge on any atom is -0.493 e. The van der Waals surface area contributed by atoms with Crippen LogP contribution in [0.15, 0.2) is 18.2 Å². The van der Waals surface area contributed by atoms with Crippen LogP contribution in [0.4, 0.5) is 0 Å². The van der Waals surface area contributed by atoms with Crippen molar-refractivity contribution < 1.29 is 19.1 Å². The summed E-state index contributed by atoms with van der Waals surface area (Å²) in [6.07, 6.45) is 4.08. The summed E-state index contributed by atoms with van der Waals surface area (Å²) in [5.41, 5.74) is 0.526. The van der Waals surface area contributed by atoms with Gasteiger partial charge in [-0.1, -0.05) is 26.0 Å². The van der Waals surface area contributed by atoms with Gasteiger partial charge in [0.15, 0.2) is 11.5 Å². The Bertz CT molecular complexity index is 748. The van der Waals surface area contributed by atoms with Crippen LogP contribution in [0.2, 0.25) is 0 Å². The predicted octanol–water partition coefficient (Wildman–Crippen LogP) is 3.48. The monoisotopic (exact) mass is 402 g/mol. The van der Waals surface area contributed by atoms with Gasteiger partial charge in [0.05, 0.1) is 19.6 Å². The van der Waals surface area contributed by atoms with Crippen molar-refractivity contribution in [3.8, 4) is 11.5 Å². The molecule has 0 radical (unpaired) electrons.